The summed E-state index contributed by atoms with van der Waals surface area (Å²) in [6, 6.07) is 4.45. The Hall–Kier alpha value is -2.11. The van der Waals surface area contributed by atoms with Gasteiger partial charge in [-0.25, -0.2) is 0 Å². The number of ether oxygens (including phenoxy) is 1. The van der Waals surface area contributed by atoms with Crippen molar-refractivity contribution in [1.82, 2.24) is 0 Å². The molecule has 1 rings (SSSR count). The maximum atomic E-state index is 11.7. The quantitative estimate of drug-likeness (QED) is 0.613. The number of hydrogen-bond donors (Lipinski definition) is 1. The van der Waals surface area contributed by atoms with Gasteiger partial charge in [0.15, 0.2) is 0 Å². The summed E-state index contributed by atoms with van der Waals surface area (Å²) in [7, 11) is 0. The minimum Gasteiger partial charge on any atom is -0.493 e. The third-order valence-electron chi connectivity index (χ3n) is 2.51. The summed E-state index contributed by atoms with van der Waals surface area (Å²) in [5, 5.41) is 13.6. The van der Waals surface area contributed by atoms with Crippen molar-refractivity contribution in [3.05, 3.63) is 28.3 Å². The third-order valence-corrected chi connectivity index (χ3v) is 2.51. The van der Waals surface area contributed by atoms with E-state index in [9.17, 15) is 14.9 Å². The number of amides is 1. The standard InChI is InChI=1S/C14H20N2O4/c1-4-7-20-11-5-6-12(13(9-11)16(18)19)15-14(17)8-10(2)3/h5-6,9-10H,4,7-8H2,1-3H3,(H,15,17). The zero-order valence-electron chi connectivity index (χ0n) is 12.0. The van der Waals surface area contributed by atoms with E-state index >= 15 is 0 Å². The maximum absolute atomic E-state index is 11.7. The molecule has 0 aliphatic rings. The second-order valence-corrected chi connectivity index (χ2v) is 4.93. The molecule has 1 N–H and O–H groups in total. The highest BCUT2D eigenvalue weighted by Crippen LogP contribution is 2.29. The van der Waals surface area contributed by atoms with E-state index in [1.807, 2.05) is 20.8 Å². The molecule has 0 unspecified atom stereocenters. The van der Waals surface area contributed by atoms with Crippen LogP contribution in [0.25, 0.3) is 0 Å². The molecule has 1 amide bonds. The van der Waals surface area contributed by atoms with Gasteiger partial charge < -0.3 is 10.1 Å². The highest BCUT2D eigenvalue weighted by Gasteiger charge is 2.17. The van der Waals surface area contributed by atoms with Crippen LogP contribution in [0.2, 0.25) is 0 Å². The third kappa shape index (κ3) is 4.87. The fraction of sp³-hybridized carbons (Fsp3) is 0.500. The molecule has 0 aliphatic heterocycles. The molecule has 0 heterocycles. The number of carbonyl (C=O) groups is 1. The molecule has 6 heteroatoms. The molecule has 110 valence electrons. The molecule has 0 fully saturated rings. The van der Waals surface area contributed by atoms with Crippen LogP contribution in [0.5, 0.6) is 5.75 Å². The predicted octanol–water partition coefficient (Wildman–Crippen LogP) is 3.37. The van der Waals surface area contributed by atoms with Crippen LogP contribution >= 0.6 is 0 Å². The molecule has 1 aromatic carbocycles. The summed E-state index contributed by atoms with van der Waals surface area (Å²) in [5.74, 6) is 0.395. The van der Waals surface area contributed by atoms with Crippen LogP contribution in [0.4, 0.5) is 11.4 Å². The first kappa shape index (κ1) is 15.9. The van der Waals surface area contributed by atoms with E-state index in [0.29, 0.717) is 18.8 Å². The lowest BCUT2D eigenvalue weighted by Crippen LogP contribution is -2.14. The van der Waals surface area contributed by atoms with Crippen molar-refractivity contribution in [2.24, 2.45) is 5.92 Å². The first-order valence-electron chi connectivity index (χ1n) is 6.65. The van der Waals surface area contributed by atoms with Crippen molar-refractivity contribution in [2.45, 2.75) is 33.6 Å². The highest BCUT2D eigenvalue weighted by molar-refractivity contribution is 5.93. The lowest BCUT2D eigenvalue weighted by atomic mass is 10.1. The number of nitrogens with one attached hydrogen (secondary N) is 1. The van der Waals surface area contributed by atoms with Gasteiger partial charge >= 0.3 is 0 Å². The van der Waals surface area contributed by atoms with Crippen molar-refractivity contribution in [3.8, 4) is 5.75 Å². The average Bonchev–Trinajstić information content (AvgIpc) is 2.36. The van der Waals surface area contributed by atoms with Gasteiger partial charge in [-0.15, -0.1) is 0 Å². The van der Waals surface area contributed by atoms with Crippen molar-refractivity contribution < 1.29 is 14.5 Å². The predicted molar refractivity (Wildman–Crippen MR) is 77.0 cm³/mol. The number of anilines is 1. The topological polar surface area (TPSA) is 81.5 Å². The molecule has 0 saturated heterocycles. The summed E-state index contributed by atoms with van der Waals surface area (Å²) in [6.45, 7) is 6.27. The summed E-state index contributed by atoms with van der Waals surface area (Å²) >= 11 is 0. The molecule has 0 bridgehead atoms. The van der Waals surface area contributed by atoms with Crippen LogP contribution in [0.1, 0.15) is 33.6 Å². The minimum absolute atomic E-state index is 0.157. The fourth-order valence-electron chi connectivity index (χ4n) is 1.65. The number of carbonyl (C=O) groups excluding carboxylic acids is 1. The van der Waals surface area contributed by atoms with Gasteiger partial charge in [-0.1, -0.05) is 20.8 Å². The minimum atomic E-state index is -0.524. The van der Waals surface area contributed by atoms with Crippen LogP contribution in [0, 0.1) is 16.0 Å². The molecule has 0 aromatic heterocycles. The van der Waals surface area contributed by atoms with Crippen LogP contribution in [-0.4, -0.2) is 17.4 Å². The van der Waals surface area contributed by atoms with Crippen molar-refractivity contribution in [3.63, 3.8) is 0 Å². The molecule has 0 radical (unpaired) electrons. The Bertz CT molecular complexity index is 486. The highest BCUT2D eigenvalue weighted by atomic mass is 16.6. The van der Waals surface area contributed by atoms with E-state index in [1.165, 1.54) is 12.1 Å². The first-order chi connectivity index (χ1) is 9.43. The molecule has 1 aromatic rings. The number of nitrogens with zero attached hydrogens (tertiary/aromatic N) is 1. The molecule has 6 nitrogen and oxygen atoms in total. The van der Waals surface area contributed by atoms with Crippen LogP contribution in [0.3, 0.4) is 0 Å². The van der Waals surface area contributed by atoms with E-state index in [-0.39, 0.29) is 23.2 Å². The Morgan fingerprint density at radius 1 is 1.45 bits per heavy atom. The normalized spacial score (nSPS) is 10.4. The van der Waals surface area contributed by atoms with E-state index in [2.05, 4.69) is 5.32 Å². The molecule has 0 atom stereocenters. The first-order valence-corrected chi connectivity index (χ1v) is 6.65. The molecule has 0 saturated carbocycles. The van der Waals surface area contributed by atoms with Crippen molar-refractivity contribution in [2.75, 3.05) is 11.9 Å². The Labute approximate surface area is 118 Å². The van der Waals surface area contributed by atoms with E-state index in [4.69, 9.17) is 4.74 Å². The molecule has 20 heavy (non-hydrogen) atoms. The molecular weight excluding hydrogens is 260 g/mol. The van der Waals surface area contributed by atoms with Crippen LogP contribution in [-0.2, 0) is 4.79 Å². The second kappa shape index (κ2) is 7.47. The second-order valence-electron chi connectivity index (χ2n) is 4.93. The van der Waals surface area contributed by atoms with Crippen LogP contribution in [0.15, 0.2) is 18.2 Å². The SMILES string of the molecule is CCCOc1ccc(NC(=O)CC(C)C)c([N+](=O)[O-])c1. The average molecular weight is 280 g/mol. The van der Waals surface area contributed by atoms with E-state index < -0.39 is 4.92 Å². The van der Waals surface area contributed by atoms with Gasteiger partial charge in [0, 0.05) is 6.42 Å². The lowest BCUT2D eigenvalue weighted by Gasteiger charge is -2.09. The summed E-state index contributed by atoms with van der Waals surface area (Å²) in [4.78, 5) is 22.2. The number of benzene rings is 1. The zero-order chi connectivity index (χ0) is 15.1. The van der Waals surface area contributed by atoms with Gasteiger partial charge in [-0.3, -0.25) is 14.9 Å². The van der Waals surface area contributed by atoms with E-state index in [1.54, 1.807) is 6.07 Å². The summed E-state index contributed by atoms with van der Waals surface area (Å²) in [5.41, 5.74) is 0.0419. The summed E-state index contributed by atoms with van der Waals surface area (Å²) < 4.78 is 5.35. The number of rotatable bonds is 7. The van der Waals surface area contributed by atoms with Gasteiger partial charge in [0.25, 0.3) is 5.69 Å². The van der Waals surface area contributed by atoms with Crippen molar-refractivity contribution >= 4 is 17.3 Å². The number of nitro groups is 1. The zero-order valence-corrected chi connectivity index (χ0v) is 12.0. The number of nitro benzene ring substituents is 1. The largest absolute Gasteiger partial charge is 0.493 e. The van der Waals surface area contributed by atoms with Gasteiger partial charge in [0.2, 0.25) is 5.91 Å². The van der Waals surface area contributed by atoms with Gasteiger partial charge in [0.05, 0.1) is 17.6 Å². The smallest absolute Gasteiger partial charge is 0.296 e. The Balaban J connectivity index is 2.90. The Morgan fingerprint density at radius 2 is 2.15 bits per heavy atom. The Morgan fingerprint density at radius 3 is 2.70 bits per heavy atom. The Kier molecular flexibility index (Phi) is 5.96. The molecular formula is C14H20N2O4. The number of hydrogen-bond acceptors (Lipinski definition) is 4. The maximum Gasteiger partial charge on any atom is 0.296 e. The van der Waals surface area contributed by atoms with Gasteiger partial charge in [-0.05, 0) is 24.5 Å². The van der Waals surface area contributed by atoms with Crippen LogP contribution < -0.4 is 10.1 Å². The van der Waals surface area contributed by atoms with Gasteiger partial charge in [-0.2, -0.15) is 0 Å². The fourth-order valence-corrected chi connectivity index (χ4v) is 1.65. The molecule has 0 spiro atoms. The summed E-state index contributed by atoms with van der Waals surface area (Å²) in [6.07, 6.45) is 1.14. The lowest BCUT2D eigenvalue weighted by molar-refractivity contribution is -0.384. The monoisotopic (exact) mass is 280 g/mol. The van der Waals surface area contributed by atoms with E-state index in [0.717, 1.165) is 6.42 Å². The van der Waals surface area contributed by atoms with Gasteiger partial charge in [0.1, 0.15) is 11.4 Å². The van der Waals surface area contributed by atoms with Crippen molar-refractivity contribution in [1.29, 1.82) is 0 Å². The molecule has 0 aliphatic carbocycles.